The van der Waals surface area contributed by atoms with E-state index in [1.807, 2.05) is 18.2 Å². The Morgan fingerprint density at radius 1 is 1.19 bits per heavy atom. The second-order valence-electron chi connectivity index (χ2n) is 3.67. The predicted molar refractivity (Wildman–Crippen MR) is 54.8 cm³/mol. The van der Waals surface area contributed by atoms with Crippen LogP contribution < -0.4 is 5.73 Å². The van der Waals surface area contributed by atoms with Crippen LogP contribution in [0.3, 0.4) is 0 Å². The van der Waals surface area contributed by atoms with Gasteiger partial charge in [-0.05, 0) is 18.4 Å². The summed E-state index contributed by atoms with van der Waals surface area (Å²) in [5, 5.41) is 8.88. The van der Waals surface area contributed by atoms with Gasteiger partial charge in [0, 0.05) is 6.04 Å². The molecule has 0 unspecified atom stereocenters. The largest absolute Gasteiger partial charge is 0.415 e. The van der Waals surface area contributed by atoms with E-state index in [2.05, 4.69) is 0 Å². The number of aliphatic hydroxyl groups is 1. The van der Waals surface area contributed by atoms with Gasteiger partial charge in [-0.25, -0.2) is 0 Å². The summed E-state index contributed by atoms with van der Waals surface area (Å²) in [6.07, 6.45) is -6.56. The zero-order valence-electron chi connectivity index (χ0n) is 8.61. The Kier molecular flexibility index (Phi) is 4.32. The molecule has 0 radical (unpaired) electrons. The lowest BCUT2D eigenvalue weighted by molar-refractivity contribution is -0.209. The van der Waals surface area contributed by atoms with Gasteiger partial charge in [-0.2, -0.15) is 13.2 Å². The molecule has 1 aromatic carbocycles. The Hall–Kier alpha value is -1.07. The van der Waals surface area contributed by atoms with Crippen LogP contribution in [0.4, 0.5) is 13.2 Å². The molecule has 0 aliphatic rings. The molecule has 0 amide bonds. The molecule has 0 bridgehead atoms. The summed E-state index contributed by atoms with van der Waals surface area (Å²) in [6, 6.07) is 7.79. The highest BCUT2D eigenvalue weighted by molar-refractivity contribution is 5.14. The molecule has 3 N–H and O–H groups in total. The maximum Gasteiger partial charge on any atom is 0.415 e. The quantitative estimate of drug-likeness (QED) is 0.834. The van der Waals surface area contributed by atoms with Crippen molar-refractivity contribution in [1.82, 2.24) is 0 Å². The SMILES string of the molecule is N[C@@H](CCc1ccccc1)[C@@H](O)C(F)(F)F. The normalized spacial score (nSPS) is 15.8. The monoisotopic (exact) mass is 233 g/mol. The van der Waals surface area contributed by atoms with Crippen LogP contribution in [0.2, 0.25) is 0 Å². The highest BCUT2D eigenvalue weighted by Crippen LogP contribution is 2.23. The van der Waals surface area contributed by atoms with Crippen molar-refractivity contribution < 1.29 is 18.3 Å². The number of aryl methyl sites for hydroxylation is 1. The van der Waals surface area contributed by atoms with Crippen molar-refractivity contribution >= 4 is 0 Å². The van der Waals surface area contributed by atoms with Crippen LogP contribution in [-0.4, -0.2) is 23.4 Å². The third kappa shape index (κ3) is 3.83. The minimum Gasteiger partial charge on any atom is -0.382 e. The third-order valence-corrected chi connectivity index (χ3v) is 2.35. The van der Waals surface area contributed by atoms with Crippen molar-refractivity contribution in [2.75, 3.05) is 0 Å². The first-order valence-corrected chi connectivity index (χ1v) is 4.95. The molecule has 0 saturated carbocycles. The molecule has 0 aromatic heterocycles. The van der Waals surface area contributed by atoms with Crippen LogP contribution in [0.25, 0.3) is 0 Å². The van der Waals surface area contributed by atoms with Crippen molar-refractivity contribution in [3.63, 3.8) is 0 Å². The Balaban J connectivity index is 2.44. The summed E-state index contributed by atoms with van der Waals surface area (Å²) in [5.41, 5.74) is 6.19. The molecule has 16 heavy (non-hydrogen) atoms. The zero-order valence-corrected chi connectivity index (χ0v) is 8.61. The fourth-order valence-corrected chi connectivity index (χ4v) is 1.38. The van der Waals surface area contributed by atoms with E-state index in [1.165, 1.54) is 0 Å². The molecule has 1 rings (SSSR count). The van der Waals surface area contributed by atoms with Crippen LogP contribution in [0.5, 0.6) is 0 Å². The van der Waals surface area contributed by atoms with Gasteiger partial charge in [-0.15, -0.1) is 0 Å². The molecule has 2 atom stereocenters. The lowest BCUT2D eigenvalue weighted by Crippen LogP contribution is -2.45. The molecular weight excluding hydrogens is 219 g/mol. The number of aliphatic hydroxyl groups excluding tert-OH is 1. The van der Waals surface area contributed by atoms with Crippen LogP contribution in [0.15, 0.2) is 30.3 Å². The molecule has 5 heteroatoms. The Labute approximate surface area is 91.9 Å². The van der Waals surface area contributed by atoms with Gasteiger partial charge in [0.1, 0.15) is 0 Å². The zero-order chi connectivity index (χ0) is 12.2. The summed E-state index contributed by atoms with van der Waals surface area (Å²) in [7, 11) is 0. The first-order valence-electron chi connectivity index (χ1n) is 4.95. The predicted octanol–water partition coefficient (Wildman–Crippen LogP) is 1.87. The van der Waals surface area contributed by atoms with E-state index in [0.717, 1.165) is 5.56 Å². The first-order chi connectivity index (χ1) is 7.41. The standard InChI is InChI=1S/C11H14F3NO/c12-11(13,14)10(16)9(15)7-6-8-4-2-1-3-5-8/h1-5,9-10,16H,6-7,15H2/t9-,10+/m0/s1. The summed E-state index contributed by atoms with van der Waals surface area (Å²) >= 11 is 0. The number of hydrogen-bond donors (Lipinski definition) is 2. The number of hydrogen-bond acceptors (Lipinski definition) is 2. The van der Waals surface area contributed by atoms with E-state index in [1.54, 1.807) is 12.1 Å². The van der Waals surface area contributed by atoms with Gasteiger partial charge in [-0.3, -0.25) is 0 Å². The first kappa shape index (κ1) is 13.0. The van der Waals surface area contributed by atoms with Crippen LogP contribution >= 0.6 is 0 Å². The number of halogens is 3. The summed E-state index contributed by atoms with van der Waals surface area (Å²) < 4.78 is 36.3. The van der Waals surface area contributed by atoms with Gasteiger partial charge < -0.3 is 10.8 Å². The number of rotatable bonds is 4. The van der Waals surface area contributed by atoms with Gasteiger partial charge in [-0.1, -0.05) is 30.3 Å². The molecule has 0 fully saturated rings. The number of alkyl halides is 3. The van der Waals surface area contributed by atoms with Crippen LogP contribution in [0.1, 0.15) is 12.0 Å². The van der Waals surface area contributed by atoms with Crippen LogP contribution in [0, 0.1) is 0 Å². The third-order valence-electron chi connectivity index (χ3n) is 2.35. The smallest absolute Gasteiger partial charge is 0.382 e. The maximum absolute atomic E-state index is 12.1. The van der Waals surface area contributed by atoms with Gasteiger partial charge >= 0.3 is 6.18 Å². The van der Waals surface area contributed by atoms with Crippen LogP contribution in [-0.2, 0) is 6.42 Å². The van der Waals surface area contributed by atoms with Gasteiger partial charge in [0.05, 0.1) is 0 Å². The fraction of sp³-hybridized carbons (Fsp3) is 0.455. The molecule has 0 aliphatic carbocycles. The molecule has 0 aliphatic heterocycles. The lowest BCUT2D eigenvalue weighted by atomic mass is 10.0. The number of benzene rings is 1. The topological polar surface area (TPSA) is 46.2 Å². The molecule has 90 valence electrons. The molecule has 1 aromatic rings. The Morgan fingerprint density at radius 3 is 2.25 bits per heavy atom. The average molecular weight is 233 g/mol. The average Bonchev–Trinajstić information content (AvgIpc) is 2.25. The maximum atomic E-state index is 12.1. The number of nitrogens with two attached hydrogens (primary N) is 1. The molecular formula is C11H14F3NO. The molecule has 2 nitrogen and oxygen atoms in total. The lowest BCUT2D eigenvalue weighted by Gasteiger charge is -2.21. The van der Waals surface area contributed by atoms with E-state index in [0.29, 0.717) is 6.42 Å². The van der Waals surface area contributed by atoms with E-state index in [-0.39, 0.29) is 6.42 Å². The van der Waals surface area contributed by atoms with Gasteiger partial charge in [0.15, 0.2) is 6.10 Å². The fourth-order valence-electron chi connectivity index (χ4n) is 1.38. The molecule has 0 heterocycles. The minimum absolute atomic E-state index is 0.102. The molecule has 0 saturated heterocycles. The highest BCUT2D eigenvalue weighted by atomic mass is 19.4. The van der Waals surface area contributed by atoms with Crippen molar-refractivity contribution in [1.29, 1.82) is 0 Å². The van der Waals surface area contributed by atoms with Gasteiger partial charge in [0.25, 0.3) is 0 Å². The van der Waals surface area contributed by atoms with E-state index < -0.39 is 18.3 Å². The van der Waals surface area contributed by atoms with Gasteiger partial charge in [0.2, 0.25) is 0 Å². The molecule has 0 spiro atoms. The second kappa shape index (κ2) is 5.32. The Bertz CT molecular complexity index is 313. The summed E-state index contributed by atoms with van der Waals surface area (Å²) in [4.78, 5) is 0. The minimum atomic E-state index is -4.64. The van der Waals surface area contributed by atoms with E-state index in [9.17, 15) is 13.2 Å². The van der Waals surface area contributed by atoms with Crippen molar-refractivity contribution in [2.45, 2.75) is 31.2 Å². The second-order valence-corrected chi connectivity index (χ2v) is 3.67. The van der Waals surface area contributed by atoms with Crippen molar-refractivity contribution in [3.8, 4) is 0 Å². The van der Waals surface area contributed by atoms with E-state index in [4.69, 9.17) is 10.8 Å². The highest BCUT2D eigenvalue weighted by Gasteiger charge is 2.41. The van der Waals surface area contributed by atoms with Crippen molar-refractivity contribution in [2.24, 2.45) is 5.73 Å². The Morgan fingerprint density at radius 2 is 1.75 bits per heavy atom. The van der Waals surface area contributed by atoms with E-state index >= 15 is 0 Å². The summed E-state index contributed by atoms with van der Waals surface area (Å²) in [5.74, 6) is 0. The summed E-state index contributed by atoms with van der Waals surface area (Å²) in [6.45, 7) is 0. The van der Waals surface area contributed by atoms with Crippen molar-refractivity contribution in [3.05, 3.63) is 35.9 Å².